The highest BCUT2D eigenvalue weighted by molar-refractivity contribution is 6.64. The van der Waals surface area contributed by atoms with E-state index in [1.54, 1.807) is 31.2 Å². The van der Waals surface area contributed by atoms with Crippen LogP contribution in [0.3, 0.4) is 0 Å². The van der Waals surface area contributed by atoms with Gasteiger partial charge in [-0.25, -0.2) is 0 Å². The fourth-order valence-electron chi connectivity index (χ4n) is 8.24. The molecule has 0 saturated carbocycles. The quantitative estimate of drug-likeness (QED) is 0.164. The Morgan fingerprint density at radius 2 is 1.39 bits per heavy atom. The fraction of sp³-hybridized carbons (Fsp3) is 0.341. The lowest BCUT2D eigenvalue weighted by Crippen LogP contribution is -2.41. The number of nitrogens with two attached hydrogens (primary N) is 2. The molecule has 0 spiro atoms. The summed E-state index contributed by atoms with van der Waals surface area (Å²) in [5.41, 5.74) is 17.5. The van der Waals surface area contributed by atoms with Gasteiger partial charge in [0.25, 0.3) is 11.8 Å². The summed E-state index contributed by atoms with van der Waals surface area (Å²) in [6.07, 6.45) is 3.56. The van der Waals surface area contributed by atoms with E-state index in [0.717, 1.165) is 47.7 Å². The number of piperidine rings is 2. The van der Waals surface area contributed by atoms with E-state index < -0.39 is 18.7 Å². The van der Waals surface area contributed by atoms with Crippen LogP contribution in [0.25, 0.3) is 10.9 Å². The number of aromatic amines is 1. The first kappa shape index (κ1) is 37.5. The number of amides is 2. The molecule has 288 valence electrons. The summed E-state index contributed by atoms with van der Waals surface area (Å²) in [7, 11) is -0.951. The number of carbonyl (C=O) groups is 3. The summed E-state index contributed by atoms with van der Waals surface area (Å²) in [6.45, 7) is 5.24. The molecule has 11 nitrogen and oxygen atoms in total. The normalized spacial score (nSPS) is 19.4. The van der Waals surface area contributed by atoms with Crippen molar-refractivity contribution in [2.75, 3.05) is 32.8 Å². The summed E-state index contributed by atoms with van der Waals surface area (Å²) in [4.78, 5) is 47.3. The molecule has 3 aliphatic heterocycles. The first-order chi connectivity index (χ1) is 27.2. The van der Waals surface area contributed by atoms with E-state index in [2.05, 4.69) is 41.4 Å². The van der Waals surface area contributed by atoms with E-state index in [4.69, 9.17) is 25.5 Å². The molecule has 1 aromatic heterocycles. The Bertz CT molecular complexity index is 2240. The van der Waals surface area contributed by atoms with E-state index in [1.165, 1.54) is 11.1 Å². The Kier molecular flexibility index (Phi) is 10.7. The van der Waals surface area contributed by atoms with E-state index in [9.17, 15) is 14.4 Å². The van der Waals surface area contributed by atoms with Crippen LogP contribution >= 0.6 is 0 Å². The maximum atomic E-state index is 13.5. The number of ether oxygens (including phenoxy) is 1. The van der Waals surface area contributed by atoms with Crippen molar-refractivity contribution in [2.24, 2.45) is 11.5 Å². The Labute approximate surface area is 327 Å². The van der Waals surface area contributed by atoms with Crippen LogP contribution in [0.4, 0.5) is 0 Å². The third-order valence-electron chi connectivity index (χ3n) is 11.6. The third kappa shape index (κ3) is 7.82. The third-order valence-corrected chi connectivity index (χ3v) is 11.6. The lowest BCUT2D eigenvalue weighted by molar-refractivity contribution is -0.143. The van der Waals surface area contributed by atoms with E-state index in [0.29, 0.717) is 73.6 Å². The van der Waals surface area contributed by atoms with Gasteiger partial charge < -0.3 is 40.3 Å². The molecule has 56 heavy (non-hydrogen) atoms. The zero-order valence-corrected chi connectivity index (χ0v) is 31.7. The van der Waals surface area contributed by atoms with Crippen molar-refractivity contribution in [3.63, 3.8) is 0 Å². The predicted molar refractivity (Wildman–Crippen MR) is 216 cm³/mol. The highest BCUT2D eigenvalue weighted by Crippen LogP contribution is 2.32. The Hall–Kier alpha value is -5.43. The van der Waals surface area contributed by atoms with Crippen LogP contribution in [0, 0.1) is 0 Å². The minimum Gasteiger partial charge on any atom is -0.504 e. The predicted octanol–water partition coefficient (Wildman–Crippen LogP) is 5.23. The van der Waals surface area contributed by atoms with Crippen LogP contribution in [0.5, 0.6) is 5.75 Å². The van der Waals surface area contributed by atoms with Crippen molar-refractivity contribution >= 4 is 41.3 Å². The molecule has 3 fully saturated rings. The highest BCUT2D eigenvalue weighted by Gasteiger charge is 2.51. The summed E-state index contributed by atoms with van der Waals surface area (Å²) in [6, 6.07) is 31.3. The average Bonchev–Trinajstić information content (AvgIpc) is 3.82. The number of H-pyrrole nitrogens is 1. The molecule has 3 saturated heterocycles. The van der Waals surface area contributed by atoms with Crippen molar-refractivity contribution < 1.29 is 28.4 Å². The topological polar surface area (TPSA) is 153 Å². The van der Waals surface area contributed by atoms with Crippen LogP contribution in [-0.2, 0) is 27.2 Å². The lowest BCUT2D eigenvalue weighted by atomic mass is 9.79. The van der Waals surface area contributed by atoms with Gasteiger partial charge in [0, 0.05) is 55.7 Å². The minimum absolute atomic E-state index is 0.0368. The number of aromatic nitrogens is 1. The smallest absolute Gasteiger partial charge is 0.504 e. The summed E-state index contributed by atoms with van der Waals surface area (Å²) < 4.78 is 18.0. The number of rotatable bonds is 10. The zero-order valence-electron chi connectivity index (χ0n) is 31.7. The maximum Gasteiger partial charge on any atom is 0.565 e. The molecule has 4 aromatic carbocycles. The van der Waals surface area contributed by atoms with Gasteiger partial charge in [0.15, 0.2) is 5.60 Å². The summed E-state index contributed by atoms with van der Waals surface area (Å²) >= 11 is 0. The Morgan fingerprint density at radius 1 is 0.786 bits per heavy atom. The second-order valence-corrected chi connectivity index (χ2v) is 15.5. The number of hydrogen-bond acceptors (Lipinski definition) is 8. The first-order valence-electron chi connectivity index (χ1n) is 19.6. The molecule has 0 unspecified atom stereocenters. The second kappa shape index (κ2) is 16.0. The summed E-state index contributed by atoms with van der Waals surface area (Å²) in [5, 5.41) is 0.872. The van der Waals surface area contributed by atoms with Crippen molar-refractivity contribution in [3.05, 3.63) is 131 Å². The lowest BCUT2D eigenvalue weighted by Gasteiger charge is -2.32. The molecule has 3 aliphatic rings. The molecule has 1 atom stereocenters. The monoisotopic (exact) mass is 753 g/mol. The molecule has 8 rings (SSSR count). The van der Waals surface area contributed by atoms with E-state index in [-0.39, 0.29) is 18.4 Å². The fourth-order valence-corrected chi connectivity index (χ4v) is 8.24. The SMILES string of the molecule is C[C@]1(COc2cccc(C(=O)N3CCC(c4cccc(CN)c4)CC3)c2)OB(c2ccc3cc(C(=O)N4CCC(c5cccc(CN)c5)CC4)[nH]c3c2)OC1=O. The Balaban J connectivity index is 0.857. The van der Waals surface area contributed by atoms with Gasteiger partial charge in [-0.2, -0.15) is 0 Å². The van der Waals surface area contributed by atoms with Gasteiger partial charge in [-0.05, 0) is 102 Å². The Morgan fingerprint density at radius 3 is 2.02 bits per heavy atom. The van der Waals surface area contributed by atoms with E-state index >= 15 is 0 Å². The molecular weight excluding hydrogens is 705 g/mol. The summed E-state index contributed by atoms with van der Waals surface area (Å²) in [5.74, 6) is 0.626. The van der Waals surface area contributed by atoms with Crippen LogP contribution in [-0.4, -0.2) is 78.1 Å². The van der Waals surface area contributed by atoms with Gasteiger partial charge in [0.1, 0.15) is 18.1 Å². The molecule has 2 amide bonds. The highest BCUT2D eigenvalue weighted by atomic mass is 16.7. The van der Waals surface area contributed by atoms with Crippen LogP contribution < -0.4 is 21.7 Å². The van der Waals surface area contributed by atoms with Crippen molar-refractivity contribution in [1.82, 2.24) is 14.8 Å². The molecule has 0 bridgehead atoms. The number of likely N-dealkylation sites (tertiary alicyclic amines) is 2. The standard InChI is InChI=1S/C44H48BN5O6/c1-44(28-54-38-10-4-9-36(23-38)41(51)49-17-13-31(14-18-49)33-7-2-5-29(21-33)26-46)43(53)55-45(56-44)37-12-11-35-24-40(48-39(35)25-37)42(52)50-19-15-32(16-20-50)34-8-3-6-30(22-34)27-47/h2-12,21-25,31-32,48H,13-20,26-28,46-47H2,1H3/t44-/m1/s1. The number of nitrogens with zero attached hydrogens (tertiary/aromatic N) is 2. The van der Waals surface area contributed by atoms with Crippen molar-refractivity contribution in [1.29, 1.82) is 0 Å². The number of benzene rings is 4. The van der Waals surface area contributed by atoms with Gasteiger partial charge in [-0.3, -0.25) is 14.4 Å². The molecule has 4 heterocycles. The minimum atomic E-state index is -1.38. The largest absolute Gasteiger partial charge is 0.565 e. The molecule has 0 radical (unpaired) electrons. The van der Waals surface area contributed by atoms with Crippen LogP contribution in [0.15, 0.2) is 97.1 Å². The molecule has 5 N–H and O–H groups in total. The molecule has 5 aromatic rings. The van der Waals surface area contributed by atoms with Crippen molar-refractivity contribution in [3.8, 4) is 5.75 Å². The first-order valence-corrected chi connectivity index (χ1v) is 19.6. The second-order valence-electron chi connectivity index (χ2n) is 15.5. The van der Waals surface area contributed by atoms with Gasteiger partial charge >= 0.3 is 13.1 Å². The van der Waals surface area contributed by atoms with Crippen LogP contribution in [0.2, 0.25) is 0 Å². The number of fused-ring (bicyclic) bond motifs is 1. The van der Waals surface area contributed by atoms with Gasteiger partial charge in [-0.15, -0.1) is 0 Å². The molecule has 0 aliphatic carbocycles. The van der Waals surface area contributed by atoms with E-state index in [1.807, 2.05) is 46.2 Å². The van der Waals surface area contributed by atoms with Crippen LogP contribution in [0.1, 0.15) is 87.5 Å². The van der Waals surface area contributed by atoms with Gasteiger partial charge in [0.2, 0.25) is 0 Å². The van der Waals surface area contributed by atoms with Gasteiger partial charge in [-0.1, -0.05) is 66.7 Å². The number of hydrogen-bond donors (Lipinski definition) is 3. The number of nitrogens with one attached hydrogen (secondary N) is 1. The molecule has 12 heteroatoms. The van der Waals surface area contributed by atoms with Crippen molar-refractivity contribution in [2.45, 2.75) is 63.1 Å². The van der Waals surface area contributed by atoms with Gasteiger partial charge in [0.05, 0.1) is 0 Å². The zero-order chi connectivity index (χ0) is 38.8. The molecular formula is C44H48BN5O6. The number of carbonyl (C=O) groups excluding carboxylic acids is 3. The average molecular weight is 754 g/mol. The maximum absolute atomic E-state index is 13.5.